The summed E-state index contributed by atoms with van der Waals surface area (Å²) in [5.41, 5.74) is -1.63. The number of rotatable bonds is 8. The van der Waals surface area contributed by atoms with Crippen molar-refractivity contribution in [3.8, 4) is 0 Å². The number of hydrogen-bond acceptors (Lipinski definition) is 6. The Bertz CT molecular complexity index is 1100. The van der Waals surface area contributed by atoms with Crippen LogP contribution in [0.3, 0.4) is 0 Å². The van der Waals surface area contributed by atoms with Crippen LogP contribution in [0.4, 0.5) is 18.3 Å². The molecule has 1 fully saturated rings. The standard InChI is InChI=1S/C24H28F3N3O4S/c1-14-7-9-15(10-8-14)18(32)19-20(24(25,26)27)28-22(35-19)29-21(33)23(2,3)12-17(31)30-11-5-6-16(30)13-34-4/h7-10,16H,5-6,11-13H2,1-4H3,(H,28,29,33)/t16-/m1/s1. The molecule has 2 aromatic rings. The number of anilines is 1. The lowest BCUT2D eigenvalue weighted by Gasteiger charge is -2.29. The molecule has 0 bridgehead atoms. The lowest BCUT2D eigenvalue weighted by molar-refractivity contribution is -0.141. The minimum atomic E-state index is -4.88. The number of nitrogens with one attached hydrogen (secondary N) is 1. The van der Waals surface area contributed by atoms with Crippen LogP contribution in [0.25, 0.3) is 0 Å². The maximum Gasteiger partial charge on any atom is 0.435 e. The van der Waals surface area contributed by atoms with E-state index < -0.39 is 33.9 Å². The van der Waals surface area contributed by atoms with E-state index in [0.29, 0.717) is 24.5 Å². The Morgan fingerprint density at radius 1 is 1.20 bits per heavy atom. The monoisotopic (exact) mass is 511 g/mol. The van der Waals surface area contributed by atoms with E-state index in [1.54, 1.807) is 31.1 Å². The SMILES string of the molecule is COC[C@H]1CCCN1C(=O)CC(C)(C)C(=O)Nc1nc(C(F)(F)F)c(C(=O)c2ccc(C)cc2)s1. The van der Waals surface area contributed by atoms with Crippen LogP contribution in [-0.2, 0) is 20.5 Å². The molecular weight excluding hydrogens is 483 g/mol. The first-order valence-corrected chi connectivity index (χ1v) is 11.9. The number of methoxy groups -OCH3 is 1. The van der Waals surface area contributed by atoms with Gasteiger partial charge in [0.05, 0.1) is 18.1 Å². The molecule has 1 aliphatic rings. The second-order valence-electron chi connectivity index (χ2n) is 9.24. The largest absolute Gasteiger partial charge is 0.435 e. The van der Waals surface area contributed by atoms with Crippen LogP contribution in [-0.4, -0.2) is 53.8 Å². The van der Waals surface area contributed by atoms with Gasteiger partial charge >= 0.3 is 6.18 Å². The number of ketones is 1. The topological polar surface area (TPSA) is 88.6 Å². The lowest BCUT2D eigenvalue weighted by Crippen LogP contribution is -2.42. The first-order valence-electron chi connectivity index (χ1n) is 11.1. The van der Waals surface area contributed by atoms with Gasteiger partial charge in [-0.1, -0.05) is 55.0 Å². The number of ether oxygens (including phenoxy) is 1. The van der Waals surface area contributed by atoms with E-state index in [0.717, 1.165) is 18.4 Å². The zero-order valence-corrected chi connectivity index (χ0v) is 20.8. The number of halogens is 3. The van der Waals surface area contributed by atoms with E-state index in [1.807, 2.05) is 0 Å². The van der Waals surface area contributed by atoms with Gasteiger partial charge in [-0.25, -0.2) is 4.98 Å². The molecule has 0 unspecified atom stereocenters. The number of aromatic nitrogens is 1. The highest BCUT2D eigenvalue weighted by molar-refractivity contribution is 7.18. The zero-order valence-electron chi connectivity index (χ0n) is 20.0. The maximum atomic E-state index is 13.6. The second-order valence-corrected chi connectivity index (χ2v) is 10.2. The Kier molecular flexibility index (Phi) is 8.00. The van der Waals surface area contributed by atoms with E-state index in [2.05, 4.69) is 10.3 Å². The predicted molar refractivity (Wildman–Crippen MR) is 125 cm³/mol. The molecule has 2 amide bonds. The number of nitrogens with zero attached hydrogens (tertiary/aromatic N) is 2. The van der Waals surface area contributed by atoms with Gasteiger partial charge in [0.2, 0.25) is 17.6 Å². The third-order valence-corrected chi connectivity index (χ3v) is 6.87. The van der Waals surface area contributed by atoms with Gasteiger partial charge in [-0.05, 0) is 19.8 Å². The van der Waals surface area contributed by atoms with Crippen LogP contribution in [0.1, 0.15) is 59.6 Å². The van der Waals surface area contributed by atoms with Gasteiger partial charge < -0.3 is 15.0 Å². The molecule has 1 aliphatic heterocycles. The minimum Gasteiger partial charge on any atom is -0.383 e. The number of thiazole rings is 1. The molecule has 35 heavy (non-hydrogen) atoms. The van der Waals surface area contributed by atoms with Gasteiger partial charge in [0.15, 0.2) is 10.8 Å². The van der Waals surface area contributed by atoms with Crippen LogP contribution in [0.15, 0.2) is 24.3 Å². The quantitative estimate of drug-likeness (QED) is 0.520. The smallest absolute Gasteiger partial charge is 0.383 e. The van der Waals surface area contributed by atoms with Gasteiger partial charge in [-0.15, -0.1) is 0 Å². The van der Waals surface area contributed by atoms with Crippen molar-refractivity contribution in [1.82, 2.24) is 9.88 Å². The van der Waals surface area contributed by atoms with E-state index in [-0.39, 0.29) is 29.1 Å². The molecular formula is C24H28F3N3O4S. The molecule has 11 heteroatoms. The Morgan fingerprint density at radius 2 is 1.86 bits per heavy atom. The normalized spacial score (nSPS) is 16.4. The third kappa shape index (κ3) is 6.26. The van der Waals surface area contributed by atoms with Gasteiger partial charge in [0, 0.05) is 25.6 Å². The third-order valence-electron chi connectivity index (χ3n) is 5.90. The summed E-state index contributed by atoms with van der Waals surface area (Å²) in [6.07, 6.45) is -3.37. The fraction of sp³-hybridized carbons (Fsp3) is 0.500. The molecule has 3 rings (SSSR count). The molecule has 190 valence electrons. The summed E-state index contributed by atoms with van der Waals surface area (Å²) in [7, 11) is 1.55. The van der Waals surface area contributed by atoms with Crippen LogP contribution in [0.2, 0.25) is 0 Å². The number of alkyl halides is 3. The number of benzene rings is 1. The predicted octanol–water partition coefficient (Wildman–Crippen LogP) is 4.69. The van der Waals surface area contributed by atoms with Gasteiger partial charge in [0.25, 0.3) is 0 Å². The van der Waals surface area contributed by atoms with Crippen LogP contribution < -0.4 is 5.32 Å². The Labute approximate surface area is 205 Å². The summed E-state index contributed by atoms with van der Waals surface area (Å²) in [4.78, 5) is 43.2. The molecule has 1 saturated heterocycles. The number of carbonyl (C=O) groups excluding carboxylic acids is 3. The molecule has 0 radical (unpaired) electrons. The maximum absolute atomic E-state index is 13.6. The Balaban J connectivity index is 1.78. The molecule has 1 aromatic carbocycles. The number of carbonyl (C=O) groups is 3. The molecule has 0 saturated carbocycles. The number of hydrogen-bond donors (Lipinski definition) is 1. The van der Waals surface area contributed by atoms with Gasteiger partial charge in [-0.2, -0.15) is 13.2 Å². The minimum absolute atomic E-state index is 0.0602. The van der Waals surface area contributed by atoms with Crippen LogP contribution >= 0.6 is 11.3 Å². The molecule has 1 atom stereocenters. The summed E-state index contributed by atoms with van der Waals surface area (Å²) >= 11 is 0.465. The van der Waals surface area contributed by atoms with Crippen LogP contribution in [0, 0.1) is 12.3 Å². The summed E-state index contributed by atoms with van der Waals surface area (Å²) in [5.74, 6) is -1.72. The Morgan fingerprint density at radius 3 is 2.46 bits per heavy atom. The number of aryl methyl sites for hydroxylation is 1. The first kappa shape index (κ1) is 26.8. The van der Waals surface area contributed by atoms with Crippen molar-refractivity contribution in [3.63, 3.8) is 0 Å². The summed E-state index contributed by atoms with van der Waals surface area (Å²) in [6, 6.07) is 6.08. The van der Waals surface area contributed by atoms with E-state index >= 15 is 0 Å². The molecule has 1 N–H and O–H groups in total. The highest BCUT2D eigenvalue weighted by atomic mass is 32.1. The summed E-state index contributed by atoms with van der Waals surface area (Å²) in [6.45, 7) is 5.84. The highest BCUT2D eigenvalue weighted by Crippen LogP contribution is 2.38. The van der Waals surface area contributed by atoms with Gasteiger partial charge in [-0.3, -0.25) is 14.4 Å². The zero-order chi connectivity index (χ0) is 26.0. The van der Waals surface area contributed by atoms with Crippen molar-refractivity contribution in [1.29, 1.82) is 0 Å². The molecule has 2 heterocycles. The number of likely N-dealkylation sites (tertiary alicyclic amines) is 1. The summed E-state index contributed by atoms with van der Waals surface area (Å²) < 4.78 is 46.1. The average Bonchev–Trinajstić information content (AvgIpc) is 3.41. The van der Waals surface area contributed by atoms with Crippen molar-refractivity contribution in [2.24, 2.45) is 5.41 Å². The van der Waals surface area contributed by atoms with E-state index in [1.165, 1.54) is 26.0 Å². The molecule has 0 spiro atoms. The fourth-order valence-electron chi connectivity index (χ4n) is 3.91. The molecule has 7 nitrogen and oxygen atoms in total. The molecule has 1 aromatic heterocycles. The van der Waals surface area contributed by atoms with Crippen LogP contribution in [0.5, 0.6) is 0 Å². The van der Waals surface area contributed by atoms with Gasteiger partial charge in [0.1, 0.15) is 4.88 Å². The van der Waals surface area contributed by atoms with E-state index in [9.17, 15) is 27.6 Å². The van der Waals surface area contributed by atoms with Crippen molar-refractivity contribution >= 4 is 34.1 Å². The average molecular weight is 512 g/mol. The van der Waals surface area contributed by atoms with Crippen molar-refractivity contribution < 1.29 is 32.3 Å². The Hall–Kier alpha value is -2.79. The second kappa shape index (κ2) is 10.4. The van der Waals surface area contributed by atoms with Crippen molar-refractivity contribution in [3.05, 3.63) is 46.0 Å². The van der Waals surface area contributed by atoms with Crippen molar-refractivity contribution in [2.75, 3.05) is 25.6 Å². The van der Waals surface area contributed by atoms with E-state index in [4.69, 9.17) is 4.74 Å². The molecule has 0 aliphatic carbocycles. The lowest BCUT2D eigenvalue weighted by atomic mass is 9.87. The highest BCUT2D eigenvalue weighted by Gasteiger charge is 2.41. The number of amides is 2. The first-order chi connectivity index (χ1) is 16.3. The fourth-order valence-corrected chi connectivity index (χ4v) is 4.85. The summed E-state index contributed by atoms with van der Waals surface area (Å²) in [5, 5.41) is 2.03. The van der Waals surface area contributed by atoms with Crippen molar-refractivity contribution in [2.45, 2.75) is 52.3 Å².